The maximum atomic E-state index is 13.0. The standard InChI is InChI=1S/C18H25F3N4O2/c1-23-15-14(24(10-22-15)8-11-2-3-11)16(26)25(17(23)27)9-12-4-6-13(7-5-12)18(19,20)21/h11-13,22H,2-10H2,1H3. The van der Waals surface area contributed by atoms with Crippen molar-refractivity contribution in [1.29, 1.82) is 0 Å². The van der Waals surface area contributed by atoms with Gasteiger partial charge < -0.3 is 10.2 Å². The summed E-state index contributed by atoms with van der Waals surface area (Å²) in [5.41, 5.74) is -0.206. The molecule has 1 aliphatic heterocycles. The minimum atomic E-state index is -4.15. The maximum Gasteiger partial charge on any atom is 0.391 e. The number of hydrogen-bond acceptors (Lipinski definition) is 4. The fourth-order valence-corrected chi connectivity index (χ4v) is 4.35. The van der Waals surface area contributed by atoms with Crippen LogP contribution in [0.1, 0.15) is 38.5 Å². The third kappa shape index (κ3) is 3.48. The SMILES string of the molecule is Cn1c2c(c(=O)n(CC3CCC(C(F)(F)F)CC3)c1=O)N(CC1CC1)CN2. The van der Waals surface area contributed by atoms with Crippen molar-refractivity contribution in [2.45, 2.75) is 51.2 Å². The van der Waals surface area contributed by atoms with E-state index in [1.54, 1.807) is 7.05 Å². The summed E-state index contributed by atoms with van der Waals surface area (Å²) in [6, 6.07) is 0. The summed E-state index contributed by atoms with van der Waals surface area (Å²) in [6.45, 7) is 1.50. The molecule has 1 aromatic heterocycles. The van der Waals surface area contributed by atoms with Crippen LogP contribution in [-0.4, -0.2) is 28.5 Å². The molecule has 3 aliphatic rings. The molecule has 27 heavy (non-hydrogen) atoms. The predicted octanol–water partition coefficient (Wildman–Crippen LogP) is 2.52. The van der Waals surface area contributed by atoms with Crippen LogP contribution in [0.3, 0.4) is 0 Å². The summed E-state index contributed by atoms with van der Waals surface area (Å²) < 4.78 is 41.2. The van der Waals surface area contributed by atoms with Gasteiger partial charge in [-0.2, -0.15) is 13.2 Å². The van der Waals surface area contributed by atoms with Gasteiger partial charge in [-0.25, -0.2) is 4.79 Å². The highest BCUT2D eigenvalue weighted by Crippen LogP contribution is 2.40. The van der Waals surface area contributed by atoms with Gasteiger partial charge in [-0.3, -0.25) is 13.9 Å². The van der Waals surface area contributed by atoms with Crippen molar-refractivity contribution in [2.75, 3.05) is 23.4 Å². The minimum Gasteiger partial charge on any atom is -0.352 e. The number of anilines is 2. The van der Waals surface area contributed by atoms with Gasteiger partial charge >= 0.3 is 11.9 Å². The highest BCUT2D eigenvalue weighted by Gasteiger charge is 2.41. The molecule has 0 spiro atoms. The molecule has 1 N–H and O–H groups in total. The summed E-state index contributed by atoms with van der Waals surface area (Å²) >= 11 is 0. The Morgan fingerprint density at radius 1 is 1.00 bits per heavy atom. The van der Waals surface area contributed by atoms with Gasteiger partial charge in [0.05, 0.1) is 12.6 Å². The topological polar surface area (TPSA) is 59.3 Å². The lowest BCUT2D eigenvalue weighted by Crippen LogP contribution is -2.43. The van der Waals surface area contributed by atoms with E-state index in [1.807, 2.05) is 4.90 Å². The van der Waals surface area contributed by atoms with Crippen molar-refractivity contribution in [1.82, 2.24) is 9.13 Å². The third-order valence-electron chi connectivity index (χ3n) is 6.20. The Morgan fingerprint density at radius 3 is 2.19 bits per heavy atom. The van der Waals surface area contributed by atoms with Crippen LogP contribution < -0.4 is 21.5 Å². The number of fused-ring (bicyclic) bond motifs is 1. The molecule has 2 aliphatic carbocycles. The predicted molar refractivity (Wildman–Crippen MR) is 96.0 cm³/mol. The van der Waals surface area contributed by atoms with Crippen molar-refractivity contribution in [3.8, 4) is 0 Å². The molecular weight excluding hydrogens is 361 g/mol. The summed E-state index contributed by atoms with van der Waals surface area (Å²) in [4.78, 5) is 27.7. The molecule has 150 valence electrons. The highest BCUT2D eigenvalue weighted by atomic mass is 19.4. The first kappa shape index (κ1) is 18.4. The number of nitrogens with one attached hydrogen (secondary N) is 1. The zero-order valence-electron chi connectivity index (χ0n) is 15.4. The zero-order valence-corrected chi connectivity index (χ0v) is 15.4. The van der Waals surface area contributed by atoms with E-state index in [2.05, 4.69) is 5.32 Å². The Hall–Kier alpha value is -1.93. The monoisotopic (exact) mass is 386 g/mol. The number of aromatic nitrogens is 2. The van der Waals surface area contributed by atoms with Gasteiger partial charge in [0.25, 0.3) is 5.56 Å². The molecule has 6 nitrogen and oxygen atoms in total. The Bertz CT molecular complexity index is 833. The van der Waals surface area contributed by atoms with Crippen LogP contribution in [-0.2, 0) is 13.6 Å². The molecule has 4 rings (SSSR count). The van der Waals surface area contributed by atoms with Crippen molar-refractivity contribution in [2.24, 2.45) is 24.8 Å². The molecule has 0 unspecified atom stereocenters. The Morgan fingerprint density at radius 2 is 1.59 bits per heavy atom. The molecule has 2 fully saturated rings. The summed E-state index contributed by atoms with van der Waals surface area (Å²) in [5.74, 6) is -0.187. The van der Waals surface area contributed by atoms with E-state index in [0.717, 1.165) is 19.4 Å². The van der Waals surface area contributed by atoms with E-state index in [-0.39, 0.29) is 30.9 Å². The Kier molecular flexibility index (Phi) is 4.50. The van der Waals surface area contributed by atoms with Crippen molar-refractivity contribution in [3.63, 3.8) is 0 Å². The van der Waals surface area contributed by atoms with Crippen LogP contribution >= 0.6 is 0 Å². The van der Waals surface area contributed by atoms with Gasteiger partial charge in [0.15, 0.2) is 0 Å². The molecule has 0 saturated heterocycles. The van der Waals surface area contributed by atoms with Crippen molar-refractivity contribution >= 4 is 11.5 Å². The minimum absolute atomic E-state index is 0.0710. The molecule has 0 aromatic carbocycles. The molecule has 0 amide bonds. The molecule has 2 heterocycles. The molecule has 0 radical (unpaired) electrons. The Labute approximate surface area is 155 Å². The average molecular weight is 386 g/mol. The van der Waals surface area contributed by atoms with Gasteiger partial charge in [0, 0.05) is 20.1 Å². The second kappa shape index (κ2) is 6.60. The van der Waals surface area contributed by atoms with Gasteiger partial charge in [-0.05, 0) is 50.4 Å². The van der Waals surface area contributed by atoms with Gasteiger partial charge in [0.1, 0.15) is 11.5 Å². The van der Waals surface area contributed by atoms with Gasteiger partial charge in [0.2, 0.25) is 0 Å². The van der Waals surface area contributed by atoms with Crippen LogP contribution in [0.2, 0.25) is 0 Å². The highest BCUT2D eigenvalue weighted by molar-refractivity contribution is 5.70. The van der Waals surface area contributed by atoms with Crippen LogP contribution in [0.5, 0.6) is 0 Å². The molecule has 1 aromatic rings. The molecule has 0 atom stereocenters. The van der Waals surface area contributed by atoms with E-state index in [4.69, 9.17) is 0 Å². The number of halogens is 3. The average Bonchev–Trinajstić information content (AvgIpc) is 3.33. The zero-order chi connectivity index (χ0) is 19.3. The quantitative estimate of drug-likeness (QED) is 0.864. The Balaban J connectivity index is 1.56. The smallest absolute Gasteiger partial charge is 0.352 e. The lowest BCUT2D eigenvalue weighted by atomic mass is 9.81. The van der Waals surface area contributed by atoms with E-state index in [0.29, 0.717) is 36.9 Å². The number of hydrogen-bond donors (Lipinski definition) is 1. The van der Waals surface area contributed by atoms with Gasteiger partial charge in [-0.15, -0.1) is 0 Å². The van der Waals surface area contributed by atoms with Crippen LogP contribution in [0.4, 0.5) is 24.7 Å². The largest absolute Gasteiger partial charge is 0.391 e. The third-order valence-corrected chi connectivity index (χ3v) is 6.20. The fourth-order valence-electron chi connectivity index (χ4n) is 4.35. The van der Waals surface area contributed by atoms with Crippen molar-refractivity contribution in [3.05, 3.63) is 20.8 Å². The van der Waals surface area contributed by atoms with Crippen molar-refractivity contribution < 1.29 is 13.2 Å². The van der Waals surface area contributed by atoms with E-state index < -0.39 is 17.8 Å². The molecule has 9 heteroatoms. The molecule has 2 saturated carbocycles. The second-order valence-corrected chi connectivity index (χ2v) is 8.21. The number of rotatable bonds is 4. The molecule has 0 bridgehead atoms. The van der Waals surface area contributed by atoms with Crippen LogP contribution in [0.15, 0.2) is 9.59 Å². The lowest BCUT2D eigenvalue weighted by Gasteiger charge is -2.30. The normalized spacial score (nSPS) is 25.4. The van der Waals surface area contributed by atoms with E-state index in [1.165, 1.54) is 9.13 Å². The summed E-state index contributed by atoms with van der Waals surface area (Å²) in [7, 11) is 1.63. The summed E-state index contributed by atoms with van der Waals surface area (Å²) in [5, 5.41) is 3.14. The van der Waals surface area contributed by atoms with E-state index >= 15 is 0 Å². The lowest BCUT2D eigenvalue weighted by molar-refractivity contribution is -0.184. The first-order valence-electron chi connectivity index (χ1n) is 9.65. The number of nitrogens with zero attached hydrogens (tertiary/aromatic N) is 3. The molecular formula is C18H25F3N4O2. The summed E-state index contributed by atoms with van der Waals surface area (Å²) in [6.07, 6.45) is -0.905. The van der Waals surface area contributed by atoms with Crippen LogP contribution in [0, 0.1) is 17.8 Å². The number of alkyl halides is 3. The van der Waals surface area contributed by atoms with Gasteiger partial charge in [-0.1, -0.05) is 0 Å². The van der Waals surface area contributed by atoms with E-state index in [9.17, 15) is 22.8 Å². The van der Waals surface area contributed by atoms with Crippen LogP contribution in [0.25, 0.3) is 0 Å². The first-order chi connectivity index (χ1) is 12.8. The fraction of sp³-hybridized carbons (Fsp3) is 0.778. The second-order valence-electron chi connectivity index (χ2n) is 8.21. The first-order valence-corrected chi connectivity index (χ1v) is 9.65. The maximum absolute atomic E-state index is 13.0.